The van der Waals surface area contributed by atoms with Crippen LogP contribution >= 0.6 is 11.3 Å². The summed E-state index contributed by atoms with van der Waals surface area (Å²) in [5.74, 6) is -0.781. The number of carbonyl (C=O) groups is 3. The number of hydrogen-bond acceptors (Lipinski definition) is 5. The first-order valence-corrected chi connectivity index (χ1v) is 6.00. The van der Waals surface area contributed by atoms with Gasteiger partial charge in [0.15, 0.2) is 5.78 Å². The first-order chi connectivity index (χ1) is 8.19. The monoisotopic (exact) mass is 255 g/mol. The third kappa shape index (κ3) is 3.99. The van der Waals surface area contributed by atoms with Crippen LogP contribution in [0.25, 0.3) is 0 Å². The zero-order chi connectivity index (χ0) is 12.7. The van der Waals surface area contributed by atoms with E-state index in [4.69, 9.17) is 4.74 Å². The summed E-state index contributed by atoms with van der Waals surface area (Å²) in [4.78, 5) is 34.1. The fraction of sp³-hybridized carbons (Fsp3) is 0.364. The second kappa shape index (κ2) is 6.80. The molecule has 1 N–H and O–H groups in total. The van der Waals surface area contributed by atoms with Gasteiger partial charge in [0.05, 0.1) is 17.9 Å². The molecular weight excluding hydrogens is 242 g/mol. The maximum absolute atomic E-state index is 11.9. The Hall–Kier alpha value is -1.69. The molecular formula is C11H13NO4S. The summed E-state index contributed by atoms with van der Waals surface area (Å²) in [5.41, 5.74) is 0. The summed E-state index contributed by atoms with van der Waals surface area (Å²) in [6.07, 6.45) is 0.263. The molecule has 1 unspecified atom stereocenters. The fourth-order valence-corrected chi connectivity index (χ4v) is 2.01. The number of hydrogen-bond donors (Lipinski definition) is 1. The van der Waals surface area contributed by atoms with E-state index in [1.54, 1.807) is 24.4 Å². The van der Waals surface area contributed by atoms with Gasteiger partial charge in [-0.1, -0.05) is 6.07 Å². The first kappa shape index (κ1) is 13.4. The van der Waals surface area contributed by atoms with Crippen molar-refractivity contribution in [1.29, 1.82) is 0 Å². The topological polar surface area (TPSA) is 72.5 Å². The number of carbonyl (C=O) groups excluding carboxylic acids is 3. The molecule has 0 aliphatic heterocycles. The zero-order valence-corrected chi connectivity index (χ0v) is 10.2. The van der Waals surface area contributed by atoms with Gasteiger partial charge in [-0.2, -0.15) is 0 Å². The molecule has 0 aromatic carbocycles. The van der Waals surface area contributed by atoms with E-state index in [0.717, 1.165) is 0 Å². The molecule has 0 saturated carbocycles. The van der Waals surface area contributed by atoms with Crippen LogP contribution in [0.4, 0.5) is 0 Å². The highest BCUT2D eigenvalue weighted by Crippen LogP contribution is 2.13. The van der Waals surface area contributed by atoms with Crippen LogP contribution in [0, 0.1) is 0 Å². The van der Waals surface area contributed by atoms with E-state index in [1.807, 2.05) is 0 Å². The zero-order valence-electron chi connectivity index (χ0n) is 9.34. The summed E-state index contributed by atoms with van der Waals surface area (Å²) in [7, 11) is 0. The SMILES string of the molecule is CCOC(=O)CC(NC=O)C(=O)c1cccs1. The Morgan fingerprint density at radius 1 is 1.59 bits per heavy atom. The molecule has 1 aromatic rings. The van der Waals surface area contributed by atoms with Crippen LogP contribution in [0.3, 0.4) is 0 Å². The van der Waals surface area contributed by atoms with Crippen LogP contribution in [-0.2, 0) is 14.3 Å². The molecule has 0 fully saturated rings. The lowest BCUT2D eigenvalue weighted by Crippen LogP contribution is -2.38. The first-order valence-electron chi connectivity index (χ1n) is 5.12. The van der Waals surface area contributed by atoms with E-state index in [1.165, 1.54) is 11.3 Å². The maximum atomic E-state index is 11.9. The molecule has 0 spiro atoms. The van der Waals surface area contributed by atoms with E-state index in [-0.39, 0.29) is 18.8 Å². The maximum Gasteiger partial charge on any atom is 0.308 e. The van der Waals surface area contributed by atoms with Crippen molar-refractivity contribution in [3.8, 4) is 0 Å². The van der Waals surface area contributed by atoms with E-state index in [9.17, 15) is 14.4 Å². The lowest BCUT2D eigenvalue weighted by Gasteiger charge is -2.12. The van der Waals surface area contributed by atoms with Gasteiger partial charge in [0, 0.05) is 0 Å². The van der Waals surface area contributed by atoms with Crippen LogP contribution in [-0.4, -0.2) is 30.8 Å². The molecule has 17 heavy (non-hydrogen) atoms. The lowest BCUT2D eigenvalue weighted by molar-refractivity contribution is -0.143. The Balaban J connectivity index is 2.68. The van der Waals surface area contributed by atoms with Gasteiger partial charge in [-0.25, -0.2) is 0 Å². The lowest BCUT2D eigenvalue weighted by atomic mass is 10.1. The highest BCUT2D eigenvalue weighted by Gasteiger charge is 2.23. The molecule has 92 valence electrons. The van der Waals surface area contributed by atoms with E-state index in [0.29, 0.717) is 11.3 Å². The average molecular weight is 255 g/mol. The molecule has 0 aliphatic rings. The number of nitrogens with one attached hydrogen (secondary N) is 1. The van der Waals surface area contributed by atoms with Crippen molar-refractivity contribution in [3.05, 3.63) is 22.4 Å². The second-order valence-electron chi connectivity index (χ2n) is 3.19. The Morgan fingerprint density at radius 3 is 2.88 bits per heavy atom. The molecule has 1 amide bonds. The van der Waals surface area contributed by atoms with Gasteiger partial charge in [0.1, 0.15) is 6.04 Å². The fourth-order valence-electron chi connectivity index (χ4n) is 1.29. The van der Waals surface area contributed by atoms with Crippen LogP contribution in [0.2, 0.25) is 0 Å². The predicted molar refractivity (Wildman–Crippen MR) is 62.9 cm³/mol. The summed E-state index contributed by atoms with van der Waals surface area (Å²) in [6, 6.07) is 2.53. The number of Topliss-reactive ketones (excluding diaryl/α,β-unsaturated/α-hetero) is 1. The van der Waals surface area contributed by atoms with Gasteiger partial charge in [0.2, 0.25) is 6.41 Å². The minimum atomic E-state index is -0.856. The largest absolute Gasteiger partial charge is 0.466 e. The van der Waals surface area contributed by atoms with Crippen molar-refractivity contribution in [2.24, 2.45) is 0 Å². The van der Waals surface area contributed by atoms with Crippen molar-refractivity contribution in [3.63, 3.8) is 0 Å². The summed E-state index contributed by atoms with van der Waals surface area (Å²) in [5, 5.41) is 4.10. The Bertz CT molecular complexity index is 388. The molecule has 0 bridgehead atoms. The molecule has 0 radical (unpaired) electrons. The molecule has 1 aromatic heterocycles. The number of ketones is 1. The summed E-state index contributed by atoms with van der Waals surface area (Å²) < 4.78 is 4.74. The van der Waals surface area contributed by atoms with Gasteiger partial charge < -0.3 is 10.1 Å². The van der Waals surface area contributed by atoms with E-state index in [2.05, 4.69) is 5.32 Å². The minimum Gasteiger partial charge on any atom is -0.466 e. The Kier molecular flexibility index (Phi) is 5.35. The van der Waals surface area contributed by atoms with Crippen molar-refractivity contribution in [2.45, 2.75) is 19.4 Å². The molecule has 0 saturated heterocycles. The average Bonchev–Trinajstić information content (AvgIpc) is 2.81. The smallest absolute Gasteiger partial charge is 0.308 e. The molecule has 1 heterocycles. The quantitative estimate of drug-likeness (QED) is 0.448. The van der Waals surface area contributed by atoms with E-state index >= 15 is 0 Å². The van der Waals surface area contributed by atoms with Crippen molar-refractivity contribution in [2.75, 3.05) is 6.61 Å². The number of esters is 1. The molecule has 1 rings (SSSR count). The van der Waals surface area contributed by atoms with Crippen molar-refractivity contribution >= 4 is 29.5 Å². The van der Waals surface area contributed by atoms with Crippen molar-refractivity contribution < 1.29 is 19.1 Å². The Labute approximate surface area is 103 Å². The normalized spacial score (nSPS) is 11.6. The molecule has 0 aliphatic carbocycles. The van der Waals surface area contributed by atoms with Gasteiger partial charge >= 0.3 is 5.97 Å². The number of thiophene rings is 1. The van der Waals surface area contributed by atoms with Crippen LogP contribution < -0.4 is 5.32 Å². The highest BCUT2D eigenvalue weighted by molar-refractivity contribution is 7.12. The number of rotatable bonds is 7. The van der Waals surface area contributed by atoms with Crippen LogP contribution in [0.1, 0.15) is 23.0 Å². The van der Waals surface area contributed by atoms with Crippen LogP contribution in [0.15, 0.2) is 17.5 Å². The van der Waals surface area contributed by atoms with Gasteiger partial charge in [0.25, 0.3) is 0 Å². The van der Waals surface area contributed by atoms with Gasteiger partial charge in [-0.3, -0.25) is 14.4 Å². The minimum absolute atomic E-state index is 0.149. The van der Waals surface area contributed by atoms with Gasteiger partial charge in [-0.15, -0.1) is 11.3 Å². The van der Waals surface area contributed by atoms with Gasteiger partial charge in [-0.05, 0) is 18.4 Å². The van der Waals surface area contributed by atoms with E-state index < -0.39 is 12.0 Å². The molecule has 1 atom stereocenters. The number of amides is 1. The van der Waals surface area contributed by atoms with Crippen molar-refractivity contribution in [1.82, 2.24) is 5.32 Å². The van der Waals surface area contributed by atoms with Crippen LogP contribution in [0.5, 0.6) is 0 Å². The Morgan fingerprint density at radius 2 is 2.35 bits per heavy atom. The third-order valence-corrected chi connectivity index (χ3v) is 2.91. The standard InChI is InChI=1S/C11H13NO4S/c1-2-16-10(14)6-8(12-7-13)11(15)9-4-3-5-17-9/h3-5,7-8H,2,6H2,1H3,(H,12,13). The second-order valence-corrected chi connectivity index (χ2v) is 4.14. The molecule has 6 heteroatoms. The third-order valence-electron chi connectivity index (χ3n) is 2.03. The number of ether oxygens (including phenoxy) is 1. The summed E-state index contributed by atoms with van der Waals surface area (Å²) in [6.45, 7) is 1.93. The summed E-state index contributed by atoms with van der Waals surface area (Å²) >= 11 is 1.27. The highest BCUT2D eigenvalue weighted by atomic mass is 32.1. The molecule has 5 nitrogen and oxygen atoms in total. The predicted octanol–water partition coefficient (Wildman–Crippen LogP) is 0.999.